The first-order valence-corrected chi connectivity index (χ1v) is 7.16. The maximum absolute atomic E-state index is 12.1. The smallest absolute Gasteiger partial charge is 0.308 e. The van der Waals surface area contributed by atoms with Crippen molar-refractivity contribution in [3.63, 3.8) is 0 Å². The van der Waals surface area contributed by atoms with Crippen LogP contribution in [0.15, 0.2) is 24.3 Å². The highest BCUT2D eigenvalue weighted by molar-refractivity contribution is 5.97. The molecule has 7 heteroatoms. The summed E-state index contributed by atoms with van der Waals surface area (Å²) in [5, 5.41) is 2.46. The van der Waals surface area contributed by atoms with Gasteiger partial charge in [-0.15, -0.1) is 0 Å². The molecule has 7 nitrogen and oxygen atoms in total. The SMILES string of the molecule is COC(=O)C[C@H]1C(=O)NCC(=O)N1Cc1cccc(C(C)=O)c1. The van der Waals surface area contributed by atoms with Gasteiger partial charge in [-0.1, -0.05) is 18.2 Å². The van der Waals surface area contributed by atoms with E-state index in [1.165, 1.54) is 18.9 Å². The summed E-state index contributed by atoms with van der Waals surface area (Å²) < 4.78 is 4.58. The first-order chi connectivity index (χ1) is 10.9. The fourth-order valence-electron chi connectivity index (χ4n) is 2.43. The number of hydrogen-bond donors (Lipinski definition) is 1. The summed E-state index contributed by atoms with van der Waals surface area (Å²) in [5.41, 5.74) is 1.25. The van der Waals surface area contributed by atoms with E-state index >= 15 is 0 Å². The largest absolute Gasteiger partial charge is 0.469 e. The predicted octanol–water partition coefficient (Wildman–Crippen LogP) is 0.279. The van der Waals surface area contributed by atoms with Crippen molar-refractivity contribution < 1.29 is 23.9 Å². The highest BCUT2D eigenvalue weighted by Crippen LogP contribution is 2.16. The third kappa shape index (κ3) is 3.94. The Balaban J connectivity index is 2.23. The molecule has 23 heavy (non-hydrogen) atoms. The number of esters is 1. The van der Waals surface area contributed by atoms with E-state index < -0.39 is 17.9 Å². The van der Waals surface area contributed by atoms with E-state index in [0.29, 0.717) is 5.56 Å². The summed E-state index contributed by atoms with van der Waals surface area (Å²) in [6.45, 7) is 1.50. The van der Waals surface area contributed by atoms with Gasteiger partial charge in [0.1, 0.15) is 6.04 Å². The van der Waals surface area contributed by atoms with Crippen molar-refractivity contribution in [3.05, 3.63) is 35.4 Å². The average molecular weight is 318 g/mol. The van der Waals surface area contributed by atoms with Crippen LogP contribution in [-0.4, -0.2) is 48.2 Å². The molecule has 0 aliphatic carbocycles. The van der Waals surface area contributed by atoms with Crippen LogP contribution in [0, 0.1) is 0 Å². The molecule has 1 heterocycles. The topological polar surface area (TPSA) is 92.8 Å². The maximum Gasteiger partial charge on any atom is 0.308 e. The van der Waals surface area contributed by atoms with Crippen molar-refractivity contribution in [2.45, 2.75) is 25.9 Å². The number of nitrogens with one attached hydrogen (secondary N) is 1. The number of piperazine rings is 1. The van der Waals surface area contributed by atoms with E-state index in [4.69, 9.17) is 0 Å². The Labute approximate surface area is 133 Å². The average Bonchev–Trinajstić information content (AvgIpc) is 2.54. The molecular formula is C16H18N2O5. The molecule has 1 N–H and O–H groups in total. The van der Waals surface area contributed by atoms with Gasteiger partial charge in [-0.25, -0.2) is 0 Å². The van der Waals surface area contributed by atoms with Gasteiger partial charge in [0, 0.05) is 12.1 Å². The van der Waals surface area contributed by atoms with Crippen LogP contribution in [0.4, 0.5) is 0 Å². The van der Waals surface area contributed by atoms with Gasteiger partial charge in [-0.05, 0) is 18.6 Å². The van der Waals surface area contributed by atoms with Gasteiger partial charge in [0.05, 0.1) is 20.1 Å². The summed E-state index contributed by atoms with van der Waals surface area (Å²) >= 11 is 0. The van der Waals surface area contributed by atoms with Crippen molar-refractivity contribution >= 4 is 23.6 Å². The summed E-state index contributed by atoms with van der Waals surface area (Å²) in [6.07, 6.45) is -0.208. The maximum atomic E-state index is 12.1. The van der Waals surface area contributed by atoms with Gasteiger partial charge >= 0.3 is 5.97 Å². The number of Topliss-reactive ketones (excluding diaryl/α,β-unsaturated/α-hetero) is 1. The Hall–Kier alpha value is -2.70. The van der Waals surface area contributed by atoms with Crippen LogP contribution in [0.1, 0.15) is 29.3 Å². The molecule has 1 saturated heterocycles. The monoisotopic (exact) mass is 318 g/mol. The zero-order valence-electron chi connectivity index (χ0n) is 13.0. The lowest BCUT2D eigenvalue weighted by molar-refractivity contribution is -0.152. The molecule has 1 aromatic carbocycles. The number of methoxy groups -OCH3 is 1. The van der Waals surface area contributed by atoms with Crippen LogP contribution >= 0.6 is 0 Å². The van der Waals surface area contributed by atoms with Crippen LogP contribution in [0.25, 0.3) is 0 Å². The van der Waals surface area contributed by atoms with Gasteiger partial charge < -0.3 is 15.0 Å². The summed E-state index contributed by atoms with van der Waals surface area (Å²) in [7, 11) is 1.23. The molecule has 0 bridgehead atoms. The minimum Gasteiger partial charge on any atom is -0.469 e. The van der Waals surface area contributed by atoms with Crippen molar-refractivity contribution in [1.82, 2.24) is 10.2 Å². The number of carbonyl (C=O) groups excluding carboxylic acids is 4. The van der Waals surface area contributed by atoms with E-state index in [-0.39, 0.29) is 31.2 Å². The molecule has 0 unspecified atom stereocenters. The second-order valence-electron chi connectivity index (χ2n) is 5.29. The number of benzene rings is 1. The lowest BCUT2D eigenvalue weighted by Crippen LogP contribution is -2.58. The van der Waals surface area contributed by atoms with Crippen LogP contribution in [0.5, 0.6) is 0 Å². The van der Waals surface area contributed by atoms with E-state index in [0.717, 1.165) is 5.56 Å². The summed E-state index contributed by atoms with van der Waals surface area (Å²) in [5.74, 6) is -1.33. The molecular weight excluding hydrogens is 300 g/mol. The number of ether oxygens (including phenoxy) is 1. The normalized spacial score (nSPS) is 17.7. The number of rotatable bonds is 5. The Kier molecular flexibility index (Phi) is 5.10. The number of hydrogen-bond acceptors (Lipinski definition) is 5. The Bertz CT molecular complexity index is 656. The molecule has 2 rings (SSSR count). The molecule has 1 atom stereocenters. The first-order valence-electron chi connectivity index (χ1n) is 7.16. The molecule has 122 valence electrons. The molecule has 0 saturated carbocycles. The number of nitrogens with zero attached hydrogens (tertiary/aromatic N) is 1. The van der Waals surface area contributed by atoms with Gasteiger partial charge in [-0.3, -0.25) is 19.2 Å². The lowest BCUT2D eigenvalue weighted by atomic mass is 10.0. The molecule has 0 aromatic heterocycles. The van der Waals surface area contributed by atoms with Crippen LogP contribution in [-0.2, 0) is 25.7 Å². The van der Waals surface area contributed by atoms with E-state index in [1.54, 1.807) is 24.3 Å². The van der Waals surface area contributed by atoms with Gasteiger partial charge in [0.2, 0.25) is 11.8 Å². The first kappa shape index (κ1) is 16.7. The van der Waals surface area contributed by atoms with Crippen LogP contribution < -0.4 is 5.32 Å². The van der Waals surface area contributed by atoms with E-state index in [2.05, 4.69) is 10.1 Å². The molecule has 1 aromatic rings. The molecule has 0 spiro atoms. The zero-order valence-corrected chi connectivity index (χ0v) is 13.0. The van der Waals surface area contributed by atoms with Crippen molar-refractivity contribution in [2.75, 3.05) is 13.7 Å². The fraction of sp³-hybridized carbons (Fsp3) is 0.375. The fourth-order valence-corrected chi connectivity index (χ4v) is 2.43. The second kappa shape index (κ2) is 7.04. The number of amides is 2. The molecule has 1 aliphatic heterocycles. The van der Waals surface area contributed by atoms with Crippen molar-refractivity contribution in [2.24, 2.45) is 0 Å². The Morgan fingerprint density at radius 2 is 2.09 bits per heavy atom. The Morgan fingerprint density at radius 1 is 1.35 bits per heavy atom. The number of ketones is 1. The zero-order chi connectivity index (χ0) is 17.0. The molecule has 1 aliphatic rings. The third-order valence-electron chi connectivity index (χ3n) is 3.69. The molecule has 2 amide bonds. The quantitative estimate of drug-likeness (QED) is 0.622. The third-order valence-corrected chi connectivity index (χ3v) is 3.69. The van der Waals surface area contributed by atoms with Crippen LogP contribution in [0.2, 0.25) is 0 Å². The van der Waals surface area contributed by atoms with Crippen molar-refractivity contribution in [1.29, 1.82) is 0 Å². The minimum absolute atomic E-state index is 0.0827. The molecule has 0 radical (unpaired) electrons. The van der Waals surface area contributed by atoms with E-state index in [9.17, 15) is 19.2 Å². The minimum atomic E-state index is -0.912. The standard InChI is InChI=1S/C16H18N2O5/c1-10(19)12-5-3-4-11(6-12)9-18-13(7-15(21)23-2)16(22)17-8-14(18)20/h3-6,13H,7-9H2,1-2H3,(H,17,22)/t13-/m0/s1. The summed E-state index contributed by atoms with van der Waals surface area (Å²) in [6, 6.07) is 5.93. The van der Waals surface area contributed by atoms with Crippen LogP contribution in [0.3, 0.4) is 0 Å². The highest BCUT2D eigenvalue weighted by atomic mass is 16.5. The predicted molar refractivity (Wildman–Crippen MR) is 80.4 cm³/mol. The summed E-state index contributed by atoms with van der Waals surface area (Å²) in [4.78, 5) is 48.4. The Morgan fingerprint density at radius 3 is 2.74 bits per heavy atom. The van der Waals surface area contributed by atoms with Crippen molar-refractivity contribution in [3.8, 4) is 0 Å². The number of carbonyl (C=O) groups is 4. The molecule has 1 fully saturated rings. The van der Waals surface area contributed by atoms with Gasteiger partial charge in [0.15, 0.2) is 5.78 Å². The van der Waals surface area contributed by atoms with Gasteiger partial charge in [0.25, 0.3) is 0 Å². The van der Waals surface area contributed by atoms with E-state index in [1.807, 2.05) is 0 Å². The highest BCUT2D eigenvalue weighted by Gasteiger charge is 2.36. The second-order valence-corrected chi connectivity index (χ2v) is 5.29. The lowest BCUT2D eigenvalue weighted by Gasteiger charge is -2.34. The van der Waals surface area contributed by atoms with Gasteiger partial charge in [-0.2, -0.15) is 0 Å².